The summed E-state index contributed by atoms with van der Waals surface area (Å²) >= 11 is 0. The lowest BCUT2D eigenvalue weighted by atomic mass is 9.81. The van der Waals surface area contributed by atoms with Crippen molar-refractivity contribution < 1.29 is 14.3 Å². The summed E-state index contributed by atoms with van der Waals surface area (Å²) in [6.45, 7) is 6.82. The molecule has 1 aliphatic heterocycles. The number of hydrogen-bond donors (Lipinski definition) is 1. The number of hydrogen-bond acceptors (Lipinski definition) is 4. The van der Waals surface area contributed by atoms with Crippen LogP contribution >= 0.6 is 0 Å². The van der Waals surface area contributed by atoms with Gasteiger partial charge in [0.2, 0.25) is 0 Å². The Balaban J connectivity index is 1.86. The van der Waals surface area contributed by atoms with Crippen LogP contribution in [-0.2, 0) is 11.3 Å². The summed E-state index contributed by atoms with van der Waals surface area (Å²) in [6.07, 6.45) is 3.72. The highest BCUT2D eigenvalue weighted by Gasteiger charge is 2.42. The first-order valence-corrected chi connectivity index (χ1v) is 9.22. The molecule has 25 heavy (non-hydrogen) atoms. The quantitative estimate of drug-likeness (QED) is 0.842. The molecular formula is C20H30N2O3. The Hall–Kier alpha value is -1.75. The van der Waals surface area contributed by atoms with Gasteiger partial charge < -0.3 is 14.8 Å². The molecule has 138 valence electrons. The van der Waals surface area contributed by atoms with Gasteiger partial charge >= 0.3 is 6.09 Å². The SMILES string of the molecule is CNC1CCC2(CC1)CN(C(=O)OC(C)(C)C)Cc1ccccc1O2. The van der Waals surface area contributed by atoms with Crippen molar-refractivity contribution in [2.75, 3.05) is 13.6 Å². The first-order valence-electron chi connectivity index (χ1n) is 9.22. The molecule has 1 amide bonds. The standard InChI is InChI=1S/C20H30N2O3/c1-19(2,3)25-18(23)22-13-15-7-5-6-8-17(15)24-20(14-22)11-9-16(21-4)10-12-20/h5-8,16,21H,9-14H2,1-4H3. The van der Waals surface area contributed by atoms with Crippen LogP contribution in [0, 0.1) is 0 Å². The monoisotopic (exact) mass is 346 g/mol. The minimum absolute atomic E-state index is 0.261. The molecule has 0 atom stereocenters. The van der Waals surface area contributed by atoms with Crippen LogP contribution in [0.2, 0.25) is 0 Å². The van der Waals surface area contributed by atoms with Gasteiger partial charge in [-0.25, -0.2) is 4.79 Å². The van der Waals surface area contributed by atoms with Crippen molar-refractivity contribution in [1.82, 2.24) is 10.2 Å². The van der Waals surface area contributed by atoms with E-state index < -0.39 is 5.60 Å². The Morgan fingerprint density at radius 1 is 1.28 bits per heavy atom. The second-order valence-electron chi connectivity index (χ2n) is 8.29. The van der Waals surface area contributed by atoms with Crippen LogP contribution < -0.4 is 10.1 Å². The molecule has 1 aliphatic carbocycles. The number of ether oxygens (including phenoxy) is 2. The molecule has 1 saturated carbocycles. The van der Waals surface area contributed by atoms with Crippen molar-refractivity contribution in [1.29, 1.82) is 0 Å². The number of amides is 1. The minimum Gasteiger partial charge on any atom is -0.485 e. The predicted octanol–water partition coefficient (Wildman–Crippen LogP) is 3.72. The van der Waals surface area contributed by atoms with Crippen LogP contribution in [-0.4, -0.2) is 41.8 Å². The van der Waals surface area contributed by atoms with E-state index in [1.807, 2.05) is 57.0 Å². The summed E-state index contributed by atoms with van der Waals surface area (Å²) in [5.41, 5.74) is 0.221. The van der Waals surface area contributed by atoms with Crippen molar-refractivity contribution in [3.8, 4) is 5.75 Å². The Bertz CT molecular complexity index is 616. The third kappa shape index (κ3) is 4.27. The van der Waals surface area contributed by atoms with Crippen LogP contribution in [0.1, 0.15) is 52.0 Å². The highest BCUT2D eigenvalue weighted by atomic mass is 16.6. The van der Waals surface area contributed by atoms with Gasteiger partial charge in [0.15, 0.2) is 0 Å². The fourth-order valence-electron chi connectivity index (χ4n) is 3.76. The van der Waals surface area contributed by atoms with Crippen LogP contribution in [0.4, 0.5) is 4.79 Å². The van der Waals surface area contributed by atoms with E-state index in [9.17, 15) is 4.79 Å². The zero-order valence-corrected chi connectivity index (χ0v) is 15.8. The smallest absolute Gasteiger partial charge is 0.410 e. The molecule has 3 rings (SSSR count). The van der Waals surface area contributed by atoms with Gasteiger partial charge in [0, 0.05) is 11.6 Å². The third-order valence-corrected chi connectivity index (χ3v) is 5.10. The summed E-state index contributed by atoms with van der Waals surface area (Å²) < 4.78 is 12.2. The molecule has 0 unspecified atom stereocenters. The summed E-state index contributed by atoms with van der Waals surface area (Å²) in [5.74, 6) is 0.900. The Labute approximate surface area is 150 Å². The van der Waals surface area contributed by atoms with Gasteiger partial charge in [-0.3, -0.25) is 4.90 Å². The fraction of sp³-hybridized carbons (Fsp3) is 0.650. The summed E-state index contributed by atoms with van der Waals surface area (Å²) in [5, 5.41) is 3.36. The molecule has 5 nitrogen and oxygen atoms in total. The molecule has 0 aromatic heterocycles. The molecule has 0 saturated heterocycles. The number of rotatable bonds is 1. The van der Waals surface area contributed by atoms with Crippen LogP contribution in [0.5, 0.6) is 5.75 Å². The van der Waals surface area contributed by atoms with Crippen LogP contribution in [0.3, 0.4) is 0 Å². The molecule has 2 aliphatic rings. The average molecular weight is 346 g/mol. The topological polar surface area (TPSA) is 50.8 Å². The number of fused-ring (bicyclic) bond motifs is 1. The van der Waals surface area contributed by atoms with Crippen molar-refractivity contribution in [2.24, 2.45) is 0 Å². The van der Waals surface area contributed by atoms with Crippen molar-refractivity contribution in [2.45, 2.75) is 70.2 Å². The maximum atomic E-state index is 12.8. The van der Waals surface area contributed by atoms with E-state index in [2.05, 4.69) is 5.32 Å². The molecule has 1 aromatic carbocycles. The summed E-state index contributed by atoms with van der Waals surface area (Å²) in [7, 11) is 2.01. The molecule has 0 bridgehead atoms. The maximum Gasteiger partial charge on any atom is 0.410 e. The van der Waals surface area contributed by atoms with E-state index in [1.165, 1.54) is 0 Å². The van der Waals surface area contributed by atoms with E-state index in [-0.39, 0.29) is 11.7 Å². The van der Waals surface area contributed by atoms with E-state index in [0.29, 0.717) is 19.1 Å². The first-order chi connectivity index (χ1) is 11.8. The molecule has 1 aromatic rings. The largest absolute Gasteiger partial charge is 0.485 e. The highest BCUT2D eigenvalue weighted by molar-refractivity contribution is 5.68. The van der Waals surface area contributed by atoms with Gasteiger partial charge in [-0.1, -0.05) is 18.2 Å². The van der Waals surface area contributed by atoms with Gasteiger partial charge in [0.25, 0.3) is 0 Å². The number of carbonyl (C=O) groups is 1. The van der Waals surface area contributed by atoms with E-state index >= 15 is 0 Å². The molecule has 1 spiro atoms. The van der Waals surface area contributed by atoms with E-state index in [0.717, 1.165) is 37.0 Å². The lowest BCUT2D eigenvalue weighted by molar-refractivity contribution is -0.0189. The summed E-state index contributed by atoms with van der Waals surface area (Å²) in [4.78, 5) is 14.6. The molecule has 1 N–H and O–H groups in total. The fourth-order valence-corrected chi connectivity index (χ4v) is 3.76. The molecule has 0 radical (unpaired) electrons. The average Bonchev–Trinajstić information content (AvgIpc) is 2.71. The normalized spacial score (nSPS) is 26.6. The zero-order valence-electron chi connectivity index (χ0n) is 15.8. The second kappa shape index (κ2) is 6.87. The molecule has 1 heterocycles. The van der Waals surface area contributed by atoms with E-state index in [1.54, 1.807) is 0 Å². The zero-order chi connectivity index (χ0) is 18.1. The Morgan fingerprint density at radius 2 is 1.96 bits per heavy atom. The minimum atomic E-state index is -0.499. The van der Waals surface area contributed by atoms with Gasteiger partial charge in [-0.05, 0) is 59.6 Å². The molecular weight excluding hydrogens is 316 g/mol. The summed E-state index contributed by atoms with van der Waals surface area (Å²) in [6, 6.07) is 8.56. The molecule has 1 fully saturated rings. The number of benzene rings is 1. The Morgan fingerprint density at radius 3 is 2.60 bits per heavy atom. The van der Waals surface area contributed by atoms with Crippen molar-refractivity contribution in [3.63, 3.8) is 0 Å². The number of para-hydroxylation sites is 1. The first kappa shape index (κ1) is 18.1. The third-order valence-electron chi connectivity index (χ3n) is 5.10. The predicted molar refractivity (Wildman–Crippen MR) is 97.8 cm³/mol. The molecule has 5 heteroatoms. The number of nitrogens with zero attached hydrogens (tertiary/aromatic N) is 1. The van der Waals surface area contributed by atoms with Crippen molar-refractivity contribution in [3.05, 3.63) is 29.8 Å². The van der Waals surface area contributed by atoms with Crippen LogP contribution in [0.25, 0.3) is 0 Å². The van der Waals surface area contributed by atoms with Gasteiger partial charge in [-0.15, -0.1) is 0 Å². The van der Waals surface area contributed by atoms with E-state index in [4.69, 9.17) is 9.47 Å². The highest BCUT2D eigenvalue weighted by Crippen LogP contribution is 2.38. The maximum absolute atomic E-state index is 12.8. The van der Waals surface area contributed by atoms with Gasteiger partial charge in [0.05, 0.1) is 13.1 Å². The van der Waals surface area contributed by atoms with Crippen LogP contribution in [0.15, 0.2) is 24.3 Å². The second-order valence-corrected chi connectivity index (χ2v) is 8.29. The van der Waals surface area contributed by atoms with Gasteiger partial charge in [-0.2, -0.15) is 0 Å². The van der Waals surface area contributed by atoms with Gasteiger partial charge in [0.1, 0.15) is 17.0 Å². The lowest BCUT2D eigenvalue weighted by Gasteiger charge is -2.41. The van der Waals surface area contributed by atoms with Crippen molar-refractivity contribution >= 4 is 6.09 Å². The lowest BCUT2D eigenvalue weighted by Crippen LogP contribution is -2.52. The number of nitrogens with one attached hydrogen (secondary N) is 1. The Kier molecular flexibility index (Phi) is 4.96. The number of carbonyl (C=O) groups excluding carboxylic acids is 1.